The predicted octanol–water partition coefficient (Wildman–Crippen LogP) is 3.51. The van der Waals surface area contributed by atoms with Crippen molar-refractivity contribution < 1.29 is 9.59 Å². The van der Waals surface area contributed by atoms with Gasteiger partial charge in [-0.15, -0.1) is 11.3 Å². The summed E-state index contributed by atoms with van der Waals surface area (Å²) in [7, 11) is 0. The summed E-state index contributed by atoms with van der Waals surface area (Å²) < 4.78 is 0.822. The Morgan fingerprint density at radius 3 is 2.68 bits per heavy atom. The van der Waals surface area contributed by atoms with Crippen LogP contribution in [0.5, 0.6) is 0 Å². The number of imide groups is 1. The monoisotopic (exact) mass is 335 g/mol. The first-order valence-electron chi connectivity index (χ1n) is 6.67. The average Bonchev–Trinajstić information content (AvgIpc) is 2.85. The van der Waals surface area contributed by atoms with Crippen LogP contribution >= 0.6 is 23.1 Å². The van der Waals surface area contributed by atoms with Crippen molar-refractivity contribution in [1.29, 1.82) is 0 Å². The van der Waals surface area contributed by atoms with Crippen LogP contribution in [0, 0.1) is 20.8 Å². The maximum atomic E-state index is 11.8. The summed E-state index contributed by atoms with van der Waals surface area (Å²) in [5.74, 6) is -0.187. The Hall–Kier alpha value is -1.86. The zero-order chi connectivity index (χ0) is 16.1. The number of benzene rings is 1. The van der Waals surface area contributed by atoms with E-state index in [1.54, 1.807) is 0 Å². The second-order valence-corrected chi connectivity index (χ2v) is 6.94. The fraction of sp³-hybridized carbons (Fsp3) is 0.267. The highest BCUT2D eigenvalue weighted by atomic mass is 32.2. The second kappa shape index (κ2) is 7.42. The SMILES string of the molecule is Cc1ccc(NC(=O)NC(=O)CSc2nc(C)cs2)c(C)c1. The van der Waals surface area contributed by atoms with E-state index in [4.69, 9.17) is 0 Å². The van der Waals surface area contributed by atoms with Crippen molar-refractivity contribution in [3.8, 4) is 0 Å². The number of aryl methyl sites for hydroxylation is 3. The van der Waals surface area contributed by atoms with Gasteiger partial charge in [-0.3, -0.25) is 10.1 Å². The van der Waals surface area contributed by atoms with Gasteiger partial charge in [0.2, 0.25) is 5.91 Å². The summed E-state index contributed by atoms with van der Waals surface area (Å²) in [6.45, 7) is 5.79. The molecule has 0 saturated carbocycles. The number of anilines is 1. The fourth-order valence-corrected chi connectivity index (χ4v) is 3.45. The maximum absolute atomic E-state index is 11.8. The molecule has 1 aromatic carbocycles. The van der Waals surface area contributed by atoms with Crippen molar-refractivity contribution in [1.82, 2.24) is 10.3 Å². The summed E-state index contributed by atoms with van der Waals surface area (Å²) in [6, 6.07) is 5.18. The van der Waals surface area contributed by atoms with Crippen LogP contribution in [0.3, 0.4) is 0 Å². The molecule has 2 aromatic rings. The van der Waals surface area contributed by atoms with Gasteiger partial charge in [0.1, 0.15) is 0 Å². The van der Waals surface area contributed by atoms with Gasteiger partial charge in [0.15, 0.2) is 4.34 Å². The van der Waals surface area contributed by atoms with Crippen LogP contribution in [0.4, 0.5) is 10.5 Å². The Labute approximate surface area is 137 Å². The number of thioether (sulfide) groups is 1. The molecule has 22 heavy (non-hydrogen) atoms. The highest BCUT2D eigenvalue weighted by Crippen LogP contribution is 2.21. The number of urea groups is 1. The zero-order valence-corrected chi connectivity index (χ0v) is 14.2. The van der Waals surface area contributed by atoms with E-state index in [1.807, 2.05) is 44.4 Å². The molecule has 0 spiro atoms. The van der Waals surface area contributed by atoms with Gasteiger partial charge in [-0.25, -0.2) is 9.78 Å². The number of nitrogens with zero attached hydrogens (tertiary/aromatic N) is 1. The molecule has 0 fully saturated rings. The lowest BCUT2D eigenvalue weighted by molar-refractivity contribution is -0.117. The summed E-state index contributed by atoms with van der Waals surface area (Å²) >= 11 is 2.81. The highest BCUT2D eigenvalue weighted by molar-refractivity contribution is 8.01. The minimum Gasteiger partial charge on any atom is -0.307 e. The van der Waals surface area contributed by atoms with E-state index < -0.39 is 6.03 Å². The number of amides is 3. The van der Waals surface area contributed by atoms with Crippen molar-refractivity contribution in [3.63, 3.8) is 0 Å². The normalized spacial score (nSPS) is 10.3. The van der Waals surface area contributed by atoms with Gasteiger partial charge in [-0.2, -0.15) is 0 Å². The molecule has 2 rings (SSSR count). The van der Waals surface area contributed by atoms with Crippen LogP contribution in [-0.2, 0) is 4.79 Å². The van der Waals surface area contributed by atoms with Crippen LogP contribution in [0.1, 0.15) is 16.8 Å². The first-order valence-corrected chi connectivity index (χ1v) is 8.53. The van der Waals surface area contributed by atoms with E-state index in [9.17, 15) is 9.59 Å². The lowest BCUT2D eigenvalue weighted by atomic mass is 10.1. The molecule has 0 aliphatic heterocycles. The topological polar surface area (TPSA) is 71.1 Å². The van der Waals surface area contributed by atoms with Gasteiger partial charge >= 0.3 is 6.03 Å². The molecule has 0 aliphatic carbocycles. The van der Waals surface area contributed by atoms with E-state index in [0.717, 1.165) is 21.2 Å². The standard InChI is InChI=1S/C15H17N3O2S2/c1-9-4-5-12(10(2)6-9)17-14(20)18-13(19)8-22-15-16-11(3)7-21-15/h4-7H,8H2,1-3H3,(H2,17,18,19,20). The van der Waals surface area contributed by atoms with Crippen molar-refractivity contribution in [2.45, 2.75) is 25.1 Å². The highest BCUT2D eigenvalue weighted by Gasteiger charge is 2.10. The molecule has 0 unspecified atom stereocenters. The third kappa shape index (κ3) is 4.85. The van der Waals surface area contributed by atoms with Gasteiger partial charge in [-0.1, -0.05) is 29.5 Å². The van der Waals surface area contributed by atoms with E-state index >= 15 is 0 Å². The van der Waals surface area contributed by atoms with Gasteiger partial charge in [0.25, 0.3) is 0 Å². The summed E-state index contributed by atoms with van der Waals surface area (Å²) in [6.07, 6.45) is 0. The van der Waals surface area contributed by atoms with E-state index in [2.05, 4.69) is 15.6 Å². The van der Waals surface area contributed by atoms with Gasteiger partial charge in [0, 0.05) is 16.8 Å². The summed E-state index contributed by atoms with van der Waals surface area (Å²) in [4.78, 5) is 27.8. The summed E-state index contributed by atoms with van der Waals surface area (Å²) in [5.41, 5.74) is 3.70. The second-order valence-electron chi connectivity index (χ2n) is 4.86. The minimum atomic E-state index is -0.520. The number of carbonyl (C=O) groups is 2. The van der Waals surface area contributed by atoms with Crippen molar-refractivity contribution >= 4 is 40.7 Å². The van der Waals surface area contributed by atoms with Crippen LogP contribution in [0.2, 0.25) is 0 Å². The first kappa shape index (κ1) is 16.5. The van der Waals surface area contributed by atoms with Crippen LogP contribution in [0.25, 0.3) is 0 Å². The number of aromatic nitrogens is 1. The van der Waals surface area contributed by atoms with E-state index in [1.165, 1.54) is 23.1 Å². The third-order valence-electron chi connectivity index (χ3n) is 2.81. The molecular weight excluding hydrogens is 318 g/mol. The van der Waals surface area contributed by atoms with Gasteiger partial charge in [-0.05, 0) is 32.4 Å². The van der Waals surface area contributed by atoms with Gasteiger partial charge in [0.05, 0.1) is 5.75 Å². The number of nitrogens with one attached hydrogen (secondary N) is 2. The van der Waals surface area contributed by atoms with Crippen molar-refractivity contribution in [2.24, 2.45) is 0 Å². The zero-order valence-electron chi connectivity index (χ0n) is 12.6. The van der Waals surface area contributed by atoms with E-state index in [0.29, 0.717) is 5.69 Å². The minimum absolute atomic E-state index is 0.160. The molecule has 1 heterocycles. The van der Waals surface area contributed by atoms with Crippen LogP contribution < -0.4 is 10.6 Å². The van der Waals surface area contributed by atoms with Gasteiger partial charge < -0.3 is 5.32 Å². The summed E-state index contributed by atoms with van der Waals surface area (Å²) in [5, 5.41) is 6.92. The molecule has 0 bridgehead atoms. The molecule has 1 aromatic heterocycles. The largest absolute Gasteiger partial charge is 0.325 e. The Kier molecular flexibility index (Phi) is 5.57. The van der Waals surface area contributed by atoms with Crippen molar-refractivity contribution in [3.05, 3.63) is 40.4 Å². The Balaban J connectivity index is 1.82. The van der Waals surface area contributed by atoms with Crippen LogP contribution in [-0.4, -0.2) is 22.7 Å². The predicted molar refractivity (Wildman–Crippen MR) is 90.7 cm³/mol. The lowest BCUT2D eigenvalue weighted by Crippen LogP contribution is -2.35. The molecule has 0 atom stereocenters. The average molecular weight is 335 g/mol. The molecule has 0 aliphatic rings. The smallest absolute Gasteiger partial charge is 0.307 e. The first-order chi connectivity index (χ1) is 10.4. The quantitative estimate of drug-likeness (QED) is 0.839. The third-order valence-corrected chi connectivity index (χ3v) is 4.95. The number of hydrogen-bond donors (Lipinski definition) is 2. The Morgan fingerprint density at radius 1 is 1.27 bits per heavy atom. The number of carbonyl (C=O) groups excluding carboxylic acids is 2. The molecule has 0 radical (unpaired) electrons. The Bertz CT molecular complexity index is 698. The molecular formula is C15H17N3O2S2. The molecule has 116 valence electrons. The molecule has 3 amide bonds. The Morgan fingerprint density at radius 2 is 2.05 bits per heavy atom. The van der Waals surface area contributed by atoms with E-state index in [-0.39, 0.29) is 11.7 Å². The number of rotatable bonds is 4. The molecule has 5 nitrogen and oxygen atoms in total. The molecule has 7 heteroatoms. The molecule has 0 saturated heterocycles. The lowest BCUT2D eigenvalue weighted by Gasteiger charge is -2.09. The number of hydrogen-bond acceptors (Lipinski definition) is 5. The number of thiazole rings is 1. The molecule has 2 N–H and O–H groups in total. The fourth-order valence-electron chi connectivity index (χ4n) is 1.80. The van der Waals surface area contributed by atoms with Crippen molar-refractivity contribution in [2.75, 3.05) is 11.1 Å². The maximum Gasteiger partial charge on any atom is 0.325 e. The van der Waals surface area contributed by atoms with Crippen LogP contribution in [0.15, 0.2) is 27.9 Å².